The van der Waals surface area contributed by atoms with Gasteiger partial charge in [0, 0.05) is 28.2 Å². The van der Waals surface area contributed by atoms with E-state index in [0.717, 1.165) is 0 Å². The Morgan fingerprint density at radius 1 is 1.03 bits per heavy atom. The highest BCUT2D eigenvalue weighted by Crippen LogP contribution is 2.21. The van der Waals surface area contributed by atoms with Gasteiger partial charge in [0.05, 0.1) is 10.7 Å². The largest absolute Gasteiger partial charge is 0.326 e. The maximum atomic E-state index is 13.1. The highest BCUT2D eigenvalue weighted by molar-refractivity contribution is 7.13. The number of anilines is 3. The van der Waals surface area contributed by atoms with Crippen LogP contribution in [0.1, 0.15) is 12.1 Å². The third-order valence-electron chi connectivity index (χ3n) is 3.67. The van der Waals surface area contributed by atoms with Gasteiger partial charge in [0.1, 0.15) is 5.82 Å². The van der Waals surface area contributed by atoms with Crippen LogP contribution in [0.2, 0.25) is 10.0 Å². The van der Waals surface area contributed by atoms with Crippen LogP contribution in [-0.4, -0.2) is 16.9 Å². The van der Waals surface area contributed by atoms with E-state index >= 15 is 0 Å². The molecule has 0 saturated heterocycles. The number of amides is 3. The maximum Gasteiger partial charge on any atom is 0.325 e. The minimum Gasteiger partial charge on any atom is -0.326 e. The molecule has 3 aromatic rings. The molecule has 1 heterocycles. The number of urea groups is 1. The second kappa shape index (κ2) is 9.69. The van der Waals surface area contributed by atoms with Gasteiger partial charge in [-0.05, 0) is 42.8 Å². The molecular formula is C19H15Cl2FN4O2S. The molecule has 10 heteroatoms. The lowest BCUT2D eigenvalue weighted by atomic mass is 10.2. The number of nitrogens with one attached hydrogen (secondary N) is 3. The van der Waals surface area contributed by atoms with Crippen LogP contribution in [0.5, 0.6) is 0 Å². The molecule has 0 fully saturated rings. The minimum atomic E-state index is -0.549. The number of hydrogen-bond donors (Lipinski definition) is 3. The monoisotopic (exact) mass is 452 g/mol. The Morgan fingerprint density at radius 2 is 1.83 bits per heavy atom. The Hall–Kier alpha value is -2.68. The summed E-state index contributed by atoms with van der Waals surface area (Å²) in [6.45, 7) is 0. The van der Waals surface area contributed by atoms with E-state index < -0.39 is 11.8 Å². The molecule has 6 nitrogen and oxygen atoms in total. The predicted molar refractivity (Wildman–Crippen MR) is 115 cm³/mol. The molecule has 1 aromatic heterocycles. The summed E-state index contributed by atoms with van der Waals surface area (Å²) in [4.78, 5) is 28.3. The smallest absolute Gasteiger partial charge is 0.325 e. The van der Waals surface area contributed by atoms with E-state index in [4.69, 9.17) is 23.2 Å². The van der Waals surface area contributed by atoms with Crippen molar-refractivity contribution in [2.24, 2.45) is 0 Å². The molecule has 0 aliphatic rings. The van der Waals surface area contributed by atoms with Gasteiger partial charge in [0.25, 0.3) is 0 Å². The Balaban J connectivity index is 1.47. The first-order chi connectivity index (χ1) is 13.9. The molecule has 0 radical (unpaired) electrons. The zero-order valence-corrected chi connectivity index (χ0v) is 17.2. The van der Waals surface area contributed by atoms with E-state index in [1.165, 1.54) is 29.5 Å². The van der Waals surface area contributed by atoms with Crippen LogP contribution < -0.4 is 16.0 Å². The second-order valence-electron chi connectivity index (χ2n) is 5.91. The first-order valence-corrected chi connectivity index (χ1v) is 10.1. The Kier molecular flexibility index (Phi) is 7.03. The number of aromatic nitrogens is 1. The van der Waals surface area contributed by atoms with Crippen molar-refractivity contribution in [1.29, 1.82) is 0 Å². The summed E-state index contributed by atoms with van der Waals surface area (Å²) in [5.41, 5.74) is 1.64. The van der Waals surface area contributed by atoms with Crippen molar-refractivity contribution in [1.82, 2.24) is 4.98 Å². The van der Waals surface area contributed by atoms with Gasteiger partial charge < -0.3 is 10.6 Å². The normalized spacial score (nSPS) is 10.4. The van der Waals surface area contributed by atoms with E-state index in [2.05, 4.69) is 20.9 Å². The summed E-state index contributed by atoms with van der Waals surface area (Å²) < 4.78 is 13.1. The summed E-state index contributed by atoms with van der Waals surface area (Å²) in [5, 5.41) is 10.6. The fraction of sp³-hybridized carbons (Fsp3) is 0.105. The molecule has 3 amide bonds. The average molecular weight is 453 g/mol. The minimum absolute atomic E-state index is 0.0610. The fourth-order valence-electron chi connectivity index (χ4n) is 2.34. The average Bonchev–Trinajstić information content (AvgIpc) is 3.10. The molecule has 0 unspecified atom stereocenters. The van der Waals surface area contributed by atoms with E-state index in [-0.39, 0.29) is 17.4 Å². The molecule has 0 atom stereocenters. The van der Waals surface area contributed by atoms with Crippen LogP contribution in [-0.2, 0) is 11.2 Å². The molecular weight excluding hydrogens is 438 g/mol. The number of thiazole rings is 1. The van der Waals surface area contributed by atoms with Gasteiger partial charge in [0.15, 0.2) is 5.13 Å². The third kappa shape index (κ3) is 6.42. The molecule has 0 aliphatic heterocycles. The van der Waals surface area contributed by atoms with Gasteiger partial charge in [-0.25, -0.2) is 14.2 Å². The van der Waals surface area contributed by atoms with Crippen molar-refractivity contribution >= 4 is 63.0 Å². The van der Waals surface area contributed by atoms with Gasteiger partial charge in [-0.2, -0.15) is 0 Å². The lowest BCUT2D eigenvalue weighted by Gasteiger charge is -2.06. The summed E-state index contributed by atoms with van der Waals surface area (Å²) in [6.07, 6.45) is 0.557. The number of carbonyl (C=O) groups excluding carboxylic acids is 2. The van der Waals surface area contributed by atoms with Crippen LogP contribution in [0.3, 0.4) is 0 Å². The summed E-state index contributed by atoms with van der Waals surface area (Å²) in [6, 6.07) is 10.3. The van der Waals surface area contributed by atoms with Gasteiger partial charge >= 0.3 is 6.03 Å². The van der Waals surface area contributed by atoms with E-state index in [9.17, 15) is 14.0 Å². The predicted octanol–water partition coefficient (Wildman–Crippen LogP) is 5.80. The quantitative estimate of drug-likeness (QED) is 0.441. The van der Waals surface area contributed by atoms with Crippen LogP contribution in [0.15, 0.2) is 47.8 Å². The van der Waals surface area contributed by atoms with Crippen molar-refractivity contribution in [3.63, 3.8) is 0 Å². The number of carbonyl (C=O) groups is 2. The SMILES string of the molecule is O=C(CCc1csc(NC(=O)Nc2cccc(Cl)c2)n1)Nc1ccc(F)c(Cl)c1. The molecule has 3 N–H and O–H groups in total. The van der Waals surface area contributed by atoms with Crippen molar-refractivity contribution in [2.75, 3.05) is 16.0 Å². The van der Waals surface area contributed by atoms with E-state index in [0.29, 0.717) is 33.6 Å². The zero-order chi connectivity index (χ0) is 20.8. The van der Waals surface area contributed by atoms with Gasteiger partial charge in [0.2, 0.25) is 5.91 Å². The molecule has 0 saturated carbocycles. The lowest BCUT2D eigenvalue weighted by molar-refractivity contribution is -0.116. The fourth-order valence-corrected chi connectivity index (χ4v) is 3.45. The Bertz CT molecular complexity index is 1040. The van der Waals surface area contributed by atoms with E-state index in [1.54, 1.807) is 29.6 Å². The molecule has 0 aliphatic carbocycles. The summed E-state index contributed by atoms with van der Waals surface area (Å²) in [7, 11) is 0. The highest BCUT2D eigenvalue weighted by Gasteiger charge is 2.10. The zero-order valence-electron chi connectivity index (χ0n) is 14.8. The molecule has 29 heavy (non-hydrogen) atoms. The van der Waals surface area contributed by atoms with Crippen LogP contribution >= 0.6 is 34.5 Å². The summed E-state index contributed by atoms with van der Waals surface area (Å²) >= 11 is 12.8. The highest BCUT2D eigenvalue weighted by atomic mass is 35.5. The third-order valence-corrected chi connectivity index (χ3v) is 5.00. The number of aryl methyl sites for hydroxylation is 1. The number of rotatable bonds is 6. The topological polar surface area (TPSA) is 83.1 Å². The standard InChI is InChI=1S/C19H15Cl2FN4O2S/c20-11-2-1-3-12(8-11)24-18(28)26-19-25-14(10-29-19)5-7-17(27)23-13-4-6-16(22)15(21)9-13/h1-4,6,8-10H,5,7H2,(H,23,27)(H2,24,25,26,28). The molecule has 2 aromatic carbocycles. The van der Waals surface area contributed by atoms with Crippen LogP contribution in [0, 0.1) is 5.82 Å². The number of halogens is 3. The molecule has 150 valence electrons. The number of benzene rings is 2. The Labute approximate surface area is 180 Å². The first kappa shape index (κ1) is 21.0. The van der Waals surface area contributed by atoms with Gasteiger partial charge in [-0.15, -0.1) is 11.3 Å². The van der Waals surface area contributed by atoms with E-state index in [1.807, 2.05) is 0 Å². The maximum absolute atomic E-state index is 13.1. The van der Waals surface area contributed by atoms with Crippen LogP contribution in [0.4, 0.5) is 25.7 Å². The Morgan fingerprint density at radius 3 is 2.59 bits per heavy atom. The van der Waals surface area contributed by atoms with Crippen molar-refractivity contribution < 1.29 is 14.0 Å². The number of nitrogens with zero attached hydrogens (tertiary/aromatic N) is 1. The second-order valence-corrected chi connectivity index (χ2v) is 7.61. The van der Waals surface area contributed by atoms with Crippen LogP contribution in [0.25, 0.3) is 0 Å². The number of hydrogen-bond acceptors (Lipinski definition) is 4. The lowest BCUT2D eigenvalue weighted by Crippen LogP contribution is -2.19. The van der Waals surface area contributed by atoms with Gasteiger partial charge in [-0.1, -0.05) is 29.3 Å². The molecule has 0 bridgehead atoms. The molecule has 0 spiro atoms. The summed E-state index contributed by atoms with van der Waals surface area (Å²) in [5.74, 6) is -0.805. The van der Waals surface area contributed by atoms with Crippen molar-refractivity contribution in [2.45, 2.75) is 12.8 Å². The van der Waals surface area contributed by atoms with Gasteiger partial charge in [-0.3, -0.25) is 10.1 Å². The molecule has 3 rings (SSSR count). The first-order valence-electron chi connectivity index (χ1n) is 8.42. The van der Waals surface area contributed by atoms with Crippen molar-refractivity contribution in [3.8, 4) is 0 Å². The van der Waals surface area contributed by atoms with Crippen molar-refractivity contribution in [3.05, 3.63) is 69.4 Å².